The van der Waals surface area contributed by atoms with Crippen LogP contribution in [-0.2, 0) is 6.61 Å². The molecule has 2 heterocycles. The fourth-order valence-corrected chi connectivity index (χ4v) is 2.28. The first kappa shape index (κ1) is 12.3. The largest absolute Gasteiger partial charge is 0.504 e. The molecule has 0 unspecified atom stereocenters. The molecule has 0 aliphatic carbocycles. The van der Waals surface area contributed by atoms with E-state index in [0.29, 0.717) is 34.0 Å². The number of rotatable bonds is 1. The third kappa shape index (κ3) is 1.60. The van der Waals surface area contributed by atoms with Gasteiger partial charge in [-0.2, -0.15) is 0 Å². The van der Waals surface area contributed by atoms with Crippen molar-refractivity contribution in [3.8, 4) is 28.6 Å². The van der Waals surface area contributed by atoms with Crippen molar-refractivity contribution in [2.24, 2.45) is 0 Å². The number of hydrogen-bond donors (Lipinski definition) is 2. The van der Waals surface area contributed by atoms with Crippen LogP contribution in [0.4, 0.5) is 0 Å². The molecule has 0 atom stereocenters. The Bertz CT molecular complexity index is 786. The summed E-state index contributed by atoms with van der Waals surface area (Å²) in [4.78, 5) is 12.3. The number of phenols is 2. The van der Waals surface area contributed by atoms with Crippen molar-refractivity contribution in [1.29, 1.82) is 0 Å². The molecule has 0 amide bonds. The number of ether oxygens (including phenoxy) is 1. The second-order valence-corrected chi connectivity index (χ2v) is 4.54. The van der Waals surface area contributed by atoms with E-state index in [2.05, 4.69) is 6.58 Å². The van der Waals surface area contributed by atoms with E-state index in [1.54, 1.807) is 6.92 Å². The van der Waals surface area contributed by atoms with Gasteiger partial charge in [0.25, 0.3) is 0 Å². The van der Waals surface area contributed by atoms with Gasteiger partial charge in [-0.05, 0) is 13.0 Å². The van der Waals surface area contributed by atoms with E-state index < -0.39 is 0 Å². The van der Waals surface area contributed by atoms with Crippen molar-refractivity contribution in [2.75, 3.05) is 0 Å². The zero-order valence-electron chi connectivity index (χ0n) is 10.8. The summed E-state index contributed by atoms with van der Waals surface area (Å²) in [5.74, 6) is 0.586. The van der Waals surface area contributed by atoms with Crippen molar-refractivity contribution in [3.63, 3.8) is 0 Å². The number of aromatic hydroxyl groups is 2. The highest BCUT2D eigenvalue weighted by Crippen LogP contribution is 2.43. The first-order valence-corrected chi connectivity index (χ1v) is 6.01. The Hall–Kier alpha value is -2.69. The van der Waals surface area contributed by atoms with Crippen molar-refractivity contribution in [2.45, 2.75) is 13.5 Å². The Morgan fingerprint density at radius 3 is 2.70 bits per heavy atom. The van der Waals surface area contributed by atoms with Gasteiger partial charge < -0.3 is 19.4 Å². The molecule has 0 fully saturated rings. The van der Waals surface area contributed by atoms with Gasteiger partial charge >= 0.3 is 0 Å². The van der Waals surface area contributed by atoms with Crippen LogP contribution in [0.2, 0.25) is 0 Å². The summed E-state index contributed by atoms with van der Waals surface area (Å²) in [5.41, 5.74) is 1.02. The smallest absolute Gasteiger partial charge is 0.199 e. The summed E-state index contributed by atoms with van der Waals surface area (Å²) in [7, 11) is 0. The Morgan fingerprint density at radius 1 is 1.30 bits per heavy atom. The Labute approximate surface area is 114 Å². The topological polar surface area (TPSA) is 79.9 Å². The standard InChI is InChI=1S/C15H12O5/c1-3-8-7(2)20-15-9-4-11(16)12(17)5-13(9)19-6-10(15)14(8)18/h3-5,16-17H,1,6H2,2H3. The molecule has 1 aromatic carbocycles. The second-order valence-electron chi connectivity index (χ2n) is 4.54. The normalized spacial score (nSPS) is 12.2. The van der Waals surface area contributed by atoms with E-state index in [9.17, 15) is 15.0 Å². The lowest BCUT2D eigenvalue weighted by Crippen LogP contribution is -2.20. The van der Waals surface area contributed by atoms with Gasteiger partial charge in [-0.1, -0.05) is 12.7 Å². The van der Waals surface area contributed by atoms with Crippen LogP contribution in [0.15, 0.2) is 27.9 Å². The van der Waals surface area contributed by atoms with E-state index in [1.807, 2.05) is 0 Å². The molecule has 1 aliphatic heterocycles. The molecular weight excluding hydrogens is 260 g/mol. The fraction of sp³-hybridized carbons (Fsp3) is 0.133. The lowest BCUT2D eigenvalue weighted by Gasteiger charge is -2.20. The highest BCUT2D eigenvalue weighted by atomic mass is 16.5. The number of aryl methyl sites for hydroxylation is 1. The van der Waals surface area contributed by atoms with Gasteiger partial charge in [0, 0.05) is 6.07 Å². The zero-order valence-corrected chi connectivity index (χ0v) is 10.8. The van der Waals surface area contributed by atoms with Crippen LogP contribution in [-0.4, -0.2) is 10.2 Å². The zero-order chi connectivity index (χ0) is 14.4. The lowest BCUT2D eigenvalue weighted by atomic mass is 10.0. The third-order valence-electron chi connectivity index (χ3n) is 3.32. The van der Waals surface area contributed by atoms with Gasteiger partial charge in [0.05, 0.1) is 16.7 Å². The molecule has 2 N–H and O–H groups in total. The summed E-state index contributed by atoms with van der Waals surface area (Å²) in [6, 6.07) is 2.61. The van der Waals surface area contributed by atoms with E-state index in [4.69, 9.17) is 9.15 Å². The van der Waals surface area contributed by atoms with Crippen LogP contribution in [0.25, 0.3) is 17.4 Å². The molecule has 1 aromatic heterocycles. The molecule has 102 valence electrons. The van der Waals surface area contributed by atoms with Crippen molar-refractivity contribution in [3.05, 3.63) is 45.8 Å². The summed E-state index contributed by atoms with van der Waals surface area (Å²) in [6.45, 7) is 5.32. The molecule has 3 rings (SSSR count). The average Bonchev–Trinajstić information content (AvgIpc) is 2.41. The highest BCUT2D eigenvalue weighted by Gasteiger charge is 2.26. The molecule has 5 heteroatoms. The first-order chi connectivity index (χ1) is 9.52. The maximum atomic E-state index is 12.3. The number of benzene rings is 1. The Morgan fingerprint density at radius 2 is 2.00 bits per heavy atom. The molecule has 0 saturated heterocycles. The van der Waals surface area contributed by atoms with Gasteiger partial charge in [-0.15, -0.1) is 0 Å². The van der Waals surface area contributed by atoms with Gasteiger partial charge in [-0.3, -0.25) is 4.79 Å². The fourth-order valence-electron chi connectivity index (χ4n) is 2.28. The van der Waals surface area contributed by atoms with Crippen LogP contribution < -0.4 is 10.2 Å². The summed E-state index contributed by atoms with van der Waals surface area (Å²) in [6.07, 6.45) is 1.45. The molecule has 0 spiro atoms. The predicted octanol–water partition coefficient (Wildman–Crippen LogP) is 2.56. The minimum absolute atomic E-state index is 0.0516. The molecule has 2 aromatic rings. The second kappa shape index (κ2) is 4.16. The maximum Gasteiger partial charge on any atom is 0.199 e. The van der Waals surface area contributed by atoms with Crippen molar-refractivity contribution in [1.82, 2.24) is 0 Å². The van der Waals surface area contributed by atoms with Crippen LogP contribution in [0.5, 0.6) is 17.2 Å². The van der Waals surface area contributed by atoms with Crippen LogP contribution >= 0.6 is 0 Å². The number of fused-ring (bicyclic) bond motifs is 3. The van der Waals surface area contributed by atoms with Gasteiger partial charge in [0.1, 0.15) is 23.9 Å². The molecule has 20 heavy (non-hydrogen) atoms. The summed E-state index contributed by atoms with van der Waals surface area (Å²) < 4.78 is 11.1. The number of hydrogen-bond acceptors (Lipinski definition) is 5. The van der Waals surface area contributed by atoms with E-state index in [0.717, 1.165) is 0 Å². The maximum absolute atomic E-state index is 12.3. The average molecular weight is 272 g/mol. The predicted molar refractivity (Wildman–Crippen MR) is 72.9 cm³/mol. The molecule has 0 bridgehead atoms. The first-order valence-electron chi connectivity index (χ1n) is 6.01. The third-order valence-corrected chi connectivity index (χ3v) is 3.32. The van der Waals surface area contributed by atoms with Crippen LogP contribution in [0.1, 0.15) is 16.9 Å². The molecule has 0 radical (unpaired) electrons. The van der Waals surface area contributed by atoms with Gasteiger partial charge in [0.2, 0.25) is 0 Å². The monoisotopic (exact) mass is 272 g/mol. The molecule has 5 nitrogen and oxygen atoms in total. The van der Waals surface area contributed by atoms with E-state index in [-0.39, 0.29) is 23.5 Å². The summed E-state index contributed by atoms with van der Waals surface area (Å²) >= 11 is 0. The van der Waals surface area contributed by atoms with Crippen molar-refractivity contribution < 1.29 is 19.4 Å². The van der Waals surface area contributed by atoms with E-state index in [1.165, 1.54) is 18.2 Å². The van der Waals surface area contributed by atoms with Crippen molar-refractivity contribution >= 4 is 6.08 Å². The van der Waals surface area contributed by atoms with E-state index >= 15 is 0 Å². The molecular formula is C15H12O5. The highest BCUT2D eigenvalue weighted by molar-refractivity contribution is 5.74. The van der Waals surface area contributed by atoms with Crippen LogP contribution in [0.3, 0.4) is 0 Å². The number of phenolic OH excluding ortho intramolecular Hbond substituents is 2. The molecule has 0 saturated carbocycles. The Balaban J connectivity index is 2.35. The minimum atomic E-state index is -0.298. The molecule has 1 aliphatic rings. The van der Waals surface area contributed by atoms with Gasteiger partial charge in [0.15, 0.2) is 16.9 Å². The minimum Gasteiger partial charge on any atom is -0.504 e. The van der Waals surface area contributed by atoms with Gasteiger partial charge in [-0.25, -0.2) is 0 Å². The summed E-state index contributed by atoms with van der Waals surface area (Å²) in [5, 5.41) is 19.1. The van der Waals surface area contributed by atoms with Crippen LogP contribution in [0, 0.1) is 6.92 Å². The lowest BCUT2D eigenvalue weighted by molar-refractivity contribution is 0.289. The quantitative estimate of drug-likeness (QED) is 0.780. The Kier molecular flexibility index (Phi) is 2.57. The SMILES string of the molecule is C=Cc1c(C)oc2c(c1=O)COc1cc(O)c(O)cc1-2.